The van der Waals surface area contributed by atoms with Crippen molar-refractivity contribution in [3.05, 3.63) is 0 Å². The van der Waals surface area contributed by atoms with Gasteiger partial charge >= 0.3 is 54.9 Å². The number of hydrogen-bond donors (Lipinski definition) is 0. The molecule has 0 aliphatic rings. The van der Waals surface area contributed by atoms with E-state index in [0.717, 1.165) is 28.4 Å². The fourth-order valence-electron chi connectivity index (χ4n) is 0. The molecule has 0 saturated carbocycles. The maximum absolute atomic E-state index is 8.25. The van der Waals surface area contributed by atoms with Gasteiger partial charge in [-0.25, -0.2) is 0 Å². The van der Waals surface area contributed by atoms with Crippen molar-refractivity contribution >= 4 is 45.0 Å². The molecule has 0 unspecified atom stereocenters. The van der Waals surface area contributed by atoms with E-state index < -0.39 is 0 Å². The van der Waals surface area contributed by atoms with Crippen LogP contribution in [0.1, 0.15) is 0 Å². The minimum Gasteiger partial charge on any atom is -2.00 e. The molecule has 0 radical (unpaired) electrons. The zero-order valence-electron chi connectivity index (χ0n) is 9.04. The summed E-state index contributed by atoms with van der Waals surface area (Å²) < 4.78 is 0. The molecular weight excluding hydrogens is 389 g/mol. The Labute approximate surface area is 109 Å². The monoisotopic (exact) mass is 410 g/mol. The Morgan fingerprint density at radius 1 is 0.462 bits per heavy atom. The van der Waals surface area contributed by atoms with Crippen molar-refractivity contribution in [2.75, 3.05) is 28.4 Å². The van der Waals surface area contributed by atoms with Gasteiger partial charge in [0, 0.05) is 0 Å². The van der Waals surface area contributed by atoms with Crippen LogP contribution in [0.2, 0.25) is 9.88 Å². The van der Waals surface area contributed by atoms with Gasteiger partial charge in [-0.15, -0.1) is 0 Å². The topological polar surface area (TPSA) is 121 Å². The Bertz CT molecular complexity index is 19.0. The van der Waals surface area contributed by atoms with Crippen molar-refractivity contribution in [1.29, 1.82) is 0 Å². The zero-order valence-corrected chi connectivity index (χ0v) is 14.7. The average molecular weight is 408 g/mol. The molecule has 0 aromatic carbocycles. The van der Waals surface area contributed by atoms with Gasteiger partial charge in [0.2, 0.25) is 0 Å². The summed E-state index contributed by atoms with van der Waals surface area (Å²) >= 11 is 3.10. The summed E-state index contributed by atoms with van der Waals surface area (Å²) in [7, 11) is 3.00. The Balaban J connectivity index is -0.00000000655. The molecule has 0 rings (SSSR count). The van der Waals surface area contributed by atoms with Crippen molar-refractivity contribution in [2.24, 2.45) is 0 Å². The molecule has 0 heterocycles. The van der Waals surface area contributed by atoms with E-state index in [1.807, 2.05) is 0 Å². The molecule has 0 aliphatic carbocycles. The quantitative estimate of drug-likeness (QED) is 0.382. The molecule has 0 N–H and O–H groups in total. The van der Waals surface area contributed by atoms with Crippen molar-refractivity contribution < 1.29 is 25.9 Å². The summed E-state index contributed by atoms with van der Waals surface area (Å²) in [5, 5.41) is 33.0. The second-order valence-corrected chi connectivity index (χ2v) is 0. The molecule has 0 aliphatic heterocycles. The van der Waals surface area contributed by atoms with Gasteiger partial charge < -0.3 is 25.9 Å². The summed E-state index contributed by atoms with van der Waals surface area (Å²) in [4.78, 5) is 4.18. The first-order chi connectivity index (χ1) is 6.00. The first kappa shape index (κ1) is 47.2. The summed E-state index contributed by atoms with van der Waals surface area (Å²) in [5.74, 6) is 0. The second kappa shape index (κ2) is 1050. The van der Waals surface area contributed by atoms with Gasteiger partial charge in [0.1, 0.15) is 0 Å². The maximum Gasteiger partial charge on any atom is -2.00 e. The predicted octanol–water partition coefficient (Wildman–Crippen LogP) is -3.81. The van der Waals surface area contributed by atoms with Gasteiger partial charge in [-0.2, -0.15) is 28.4 Å². The standard InChI is InChI=1S/4CH3O.2CH3.O.2Sn/c4*1-2;;;;;/h4*1H3;2*1H3;;;/q4*-1;;;-2;2*+3. The molecule has 0 aromatic rings. The maximum atomic E-state index is 8.25. The molecular formula is C6H18O5Sn2. The number of rotatable bonds is 0. The Hall–Kier alpha value is 1.40. The molecule has 0 spiro atoms. The molecule has 80 valence electrons. The smallest absolute Gasteiger partial charge is 2.00 e. The third-order valence-electron chi connectivity index (χ3n) is 0. The van der Waals surface area contributed by atoms with Crippen LogP contribution in [0, 0.1) is 0 Å². The molecule has 0 atom stereocenters. The van der Waals surface area contributed by atoms with Gasteiger partial charge in [-0.05, 0) is 0 Å². The minimum atomic E-state index is 0. The third-order valence-corrected chi connectivity index (χ3v) is 0. The molecule has 0 amide bonds. The Kier molecular flexibility index (Phi) is 3830. The van der Waals surface area contributed by atoms with E-state index in [0.29, 0.717) is 0 Å². The first-order valence-corrected chi connectivity index (χ1v) is 8.34. The van der Waals surface area contributed by atoms with Crippen molar-refractivity contribution in [2.45, 2.75) is 9.88 Å². The molecule has 7 heteroatoms. The van der Waals surface area contributed by atoms with Crippen LogP contribution in [0.15, 0.2) is 0 Å². The molecule has 0 saturated heterocycles. The normalized spacial score (nSPS) is 2.92. The van der Waals surface area contributed by atoms with Crippen LogP contribution in [0.4, 0.5) is 0 Å². The van der Waals surface area contributed by atoms with Gasteiger partial charge in [0.05, 0.1) is 0 Å². The van der Waals surface area contributed by atoms with E-state index in [1.54, 1.807) is 45.0 Å². The molecule has 0 fully saturated rings. The van der Waals surface area contributed by atoms with Crippen molar-refractivity contribution in [1.82, 2.24) is 0 Å². The van der Waals surface area contributed by atoms with Crippen LogP contribution in [0.3, 0.4) is 0 Å². The van der Waals surface area contributed by atoms with E-state index in [1.165, 1.54) is 0 Å². The average Bonchev–Trinajstić information content (AvgIpc) is 2.33. The summed E-state index contributed by atoms with van der Waals surface area (Å²) in [5.41, 5.74) is 0. The third kappa shape index (κ3) is 891. The van der Waals surface area contributed by atoms with Gasteiger partial charge in [0.15, 0.2) is 0 Å². The van der Waals surface area contributed by atoms with Crippen molar-refractivity contribution in [3.63, 3.8) is 0 Å². The summed E-state index contributed by atoms with van der Waals surface area (Å²) in [6, 6.07) is 0. The van der Waals surface area contributed by atoms with Crippen LogP contribution in [0.5, 0.6) is 0 Å². The molecule has 0 aromatic heterocycles. The van der Waals surface area contributed by atoms with Crippen LogP contribution >= 0.6 is 0 Å². The zero-order chi connectivity index (χ0) is 12.0. The fourth-order valence-corrected chi connectivity index (χ4v) is 0. The second-order valence-electron chi connectivity index (χ2n) is 0. The van der Waals surface area contributed by atoms with E-state index in [2.05, 4.69) is 9.88 Å². The Morgan fingerprint density at radius 2 is 0.462 bits per heavy atom. The van der Waals surface area contributed by atoms with E-state index in [4.69, 9.17) is 20.4 Å². The Morgan fingerprint density at radius 3 is 0.462 bits per heavy atom. The molecule has 13 heavy (non-hydrogen) atoms. The number of hydrogen-bond acceptors (Lipinski definition) is 4. The summed E-state index contributed by atoms with van der Waals surface area (Å²) in [6.45, 7) is 0. The SMILES string of the molecule is C[O-].C[O-].C[O-].C[O-].[CH3][Sn+3].[CH3][Sn+3].[O-2]. The van der Waals surface area contributed by atoms with E-state index in [-0.39, 0.29) is 5.48 Å². The van der Waals surface area contributed by atoms with Crippen LogP contribution < -0.4 is 20.4 Å². The van der Waals surface area contributed by atoms with Crippen LogP contribution in [-0.4, -0.2) is 73.5 Å². The largest absolute Gasteiger partial charge is 2.00 e. The van der Waals surface area contributed by atoms with Crippen molar-refractivity contribution in [3.8, 4) is 0 Å². The predicted molar refractivity (Wildman–Crippen MR) is 47.6 cm³/mol. The van der Waals surface area contributed by atoms with Gasteiger partial charge in [-0.3, -0.25) is 0 Å². The van der Waals surface area contributed by atoms with Gasteiger partial charge in [-0.1, -0.05) is 0 Å². The van der Waals surface area contributed by atoms with Crippen LogP contribution in [-0.2, 0) is 5.48 Å². The van der Waals surface area contributed by atoms with Gasteiger partial charge in [0.25, 0.3) is 0 Å². The van der Waals surface area contributed by atoms with E-state index in [9.17, 15) is 0 Å². The first-order valence-electron chi connectivity index (χ1n) is 2.63. The summed E-state index contributed by atoms with van der Waals surface area (Å²) in [6.07, 6.45) is 0. The van der Waals surface area contributed by atoms with E-state index >= 15 is 0 Å². The van der Waals surface area contributed by atoms with Crippen LogP contribution in [0.25, 0.3) is 0 Å². The minimum absolute atomic E-state index is 0. The fraction of sp³-hybridized carbons (Fsp3) is 1.00. The molecule has 0 bridgehead atoms. The molecule has 5 nitrogen and oxygen atoms in total.